The topological polar surface area (TPSA) is 75.7 Å². The number of para-hydroxylation sites is 1. The summed E-state index contributed by atoms with van der Waals surface area (Å²) in [4.78, 5) is 40.1. The first-order valence-electron chi connectivity index (χ1n) is 9.85. The van der Waals surface area contributed by atoms with Crippen molar-refractivity contribution in [2.75, 3.05) is 7.11 Å². The molecule has 0 bridgehead atoms. The van der Waals surface area contributed by atoms with E-state index in [0.717, 1.165) is 5.56 Å². The number of hydrogen-bond acceptors (Lipinski definition) is 4. The number of nitrogens with zero attached hydrogens (tertiary/aromatic N) is 1. The predicted molar refractivity (Wildman–Crippen MR) is 105 cm³/mol. The number of benzene rings is 1. The summed E-state index contributed by atoms with van der Waals surface area (Å²) in [6.45, 7) is 4.25. The van der Waals surface area contributed by atoms with Gasteiger partial charge in [-0.25, -0.2) is 0 Å². The maximum atomic E-state index is 13.0. The van der Waals surface area contributed by atoms with Gasteiger partial charge in [-0.3, -0.25) is 19.3 Å². The molecule has 3 rings (SSSR count). The molecule has 2 aliphatic rings. The number of amides is 3. The van der Waals surface area contributed by atoms with Crippen molar-refractivity contribution >= 4 is 17.7 Å². The van der Waals surface area contributed by atoms with E-state index in [2.05, 4.69) is 5.32 Å². The largest absolute Gasteiger partial charge is 0.496 e. The molecule has 1 heterocycles. The minimum absolute atomic E-state index is 0.170. The normalized spacial score (nSPS) is 22.4. The highest BCUT2D eigenvalue weighted by molar-refractivity contribution is 6.08. The maximum absolute atomic E-state index is 13.0. The Morgan fingerprint density at radius 1 is 1.14 bits per heavy atom. The van der Waals surface area contributed by atoms with Crippen LogP contribution in [0.25, 0.3) is 0 Å². The van der Waals surface area contributed by atoms with Crippen molar-refractivity contribution in [1.29, 1.82) is 0 Å². The van der Waals surface area contributed by atoms with Crippen molar-refractivity contribution in [3.8, 4) is 5.75 Å². The smallest absolute Gasteiger partial charge is 0.243 e. The fraction of sp³-hybridized carbons (Fsp3) is 0.500. The Hall–Kier alpha value is -2.63. The Morgan fingerprint density at radius 3 is 2.32 bits per heavy atom. The molecule has 1 fully saturated rings. The highest BCUT2D eigenvalue weighted by Gasteiger charge is 2.51. The molecule has 3 atom stereocenters. The van der Waals surface area contributed by atoms with Gasteiger partial charge in [-0.2, -0.15) is 0 Å². The van der Waals surface area contributed by atoms with Gasteiger partial charge in [0.25, 0.3) is 0 Å². The van der Waals surface area contributed by atoms with E-state index >= 15 is 0 Å². The van der Waals surface area contributed by atoms with Crippen LogP contribution >= 0.6 is 0 Å². The first kappa shape index (κ1) is 20.1. The molecular formula is C22H28N2O4. The lowest BCUT2D eigenvalue weighted by Gasteiger charge is -2.27. The molecule has 6 heteroatoms. The zero-order valence-corrected chi connectivity index (χ0v) is 16.7. The van der Waals surface area contributed by atoms with Crippen LogP contribution in [0, 0.1) is 17.8 Å². The third-order valence-corrected chi connectivity index (χ3v) is 5.50. The number of carbonyl (C=O) groups is 3. The first-order chi connectivity index (χ1) is 13.4. The van der Waals surface area contributed by atoms with E-state index in [9.17, 15) is 14.4 Å². The van der Waals surface area contributed by atoms with Gasteiger partial charge in [0, 0.05) is 12.1 Å². The van der Waals surface area contributed by atoms with E-state index in [4.69, 9.17) is 4.74 Å². The molecule has 1 saturated heterocycles. The number of ether oxygens (including phenoxy) is 1. The molecule has 6 nitrogen and oxygen atoms in total. The van der Waals surface area contributed by atoms with Gasteiger partial charge in [-0.15, -0.1) is 0 Å². The summed E-state index contributed by atoms with van der Waals surface area (Å²) in [6, 6.07) is 6.67. The molecular weight excluding hydrogens is 356 g/mol. The highest BCUT2D eigenvalue weighted by atomic mass is 16.5. The molecule has 1 N–H and O–H groups in total. The van der Waals surface area contributed by atoms with Crippen LogP contribution in [0.3, 0.4) is 0 Å². The number of allylic oxidation sites excluding steroid dienone is 2. The molecule has 1 aliphatic heterocycles. The van der Waals surface area contributed by atoms with Crippen molar-refractivity contribution in [1.82, 2.24) is 10.2 Å². The molecule has 150 valence electrons. The number of rotatable bonds is 7. The molecule has 1 aromatic carbocycles. The van der Waals surface area contributed by atoms with E-state index in [1.165, 1.54) is 4.90 Å². The van der Waals surface area contributed by atoms with Crippen molar-refractivity contribution in [3.05, 3.63) is 42.0 Å². The van der Waals surface area contributed by atoms with E-state index < -0.39 is 6.04 Å². The third-order valence-electron chi connectivity index (χ3n) is 5.50. The standard InChI is InChI=1S/C22H28N2O4/c1-14(2)12-18(20(25)23-13-15-8-4-7-11-19(15)28-3)24-21(26)16-9-5-6-10-17(16)22(24)27/h4-8,11,14,16-18H,9-10,12-13H2,1-3H3,(H,23,25). The zero-order valence-electron chi connectivity index (χ0n) is 16.7. The van der Waals surface area contributed by atoms with E-state index in [0.29, 0.717) is 25.0 Å². The van der Waals surface area contributed by atoms with Crippen molar-refractivity contribution in [3.63, 3.8) is 0 Å². The summed E-state index contributed by atoms with van der Waals surface area (Å²) >= 11 is 0. The van der Waals surface area contributed by atoms with Crippen LogP contribution in [0.2, 0.25) is 0 Å². The van der Waals surface area contributed by atoms with Gasteiger partial charge in [-0.05, 0) is 31.2 Å². The highest BCUT2D eigenvalue weighted by Crippen LogP contribution is 2.37. The van der Waals surface area contributed by atoms with Crippen molar-refractivity contribution in [2.24, 2.45) is 17.8 Å². The van der Waals surface area contributed by atoms with Crippen LogP contribution < -0.4 is 10.1 Å². The minimum atomic E-state index is -0.777. The molecule has 1 aliphatic carbocycles. The maximum Gasteiger partial charge on any atom is 0.243 e. The summed E-state index contributed by atoms with van der Waals surface area (Å²) in [5.74, 6) is -0.511. The molecule has 0 spiro atoms. The van der Waals surface area contributed by atoms with Gasteiger partial charge in [-0.1, -0.05) is 44.2 Å². The average Bonchev–Trinajstić information content (AvgIpc) is 2.95. The van der Waals surface area contributed by atoms with Crippen LogP contribution in [0.5, 0.6) is 5.75 Å². The summed E-state index contributed by atoms with van der Waals surface area (Å²) in [5, 5.41) is 2.90. The summed E-state index contributed by atoms with van der Waals surface area (Å²) in [5.41, 5.74) is 0.846. The minimum Gasteiger partial charge on any atom is -0.496 e. The number of imide groups is 1. The van der Waals surface area contributed by atoms with Gasteiger partial charge in [0.15, 0.2) is 0 Å². The number of hydrogen-bond donors (Lipinski definition) is 1. The van der Waals surface area contributed by atoms with Crippen molar-refractivity contribution < 1.29 is 19.1 Å². The van der Waals surface area contributed by atoms with E-state index in [1.54, 1.807) is 7.11 Å². The lowest BCUT2D eigenvalue weighted by atomic mass is 9.85. The van der Waals surface area contributed by atoms with E-state index in [-0.39, 0.29) is 42.0 Å². The number of carbonyl (C=O) groups excluding carboxylic acids is 3. The molecule has 0 radical (unpaired) electrons. The first-order valence-corrected chi connectivity index (χ1v) is 9.85. The van der Waals surface area contributed by atoms with Crippen LogP contribution in [-0.2, 0) is 20.9 Å². The fourth-order valence-corrected chi connectivity index (χ4v) is 4.06. The molecule has 0 saturated carbocycles. The van der Waals surface area contributed by atoms with Gasteiger partial charge in [0.1, 0.15) is 11.8 Å². The van der Waals surface area contributed by atoms with Gasteiger partial charge in [0.2, 0.25) is 17.7 Å². The quantitative estimate of drug-likeness (QED) is 0.579. The van der Waals surface area contributed by atoms with E-state index in [1.807, 2.05) is 50.3 Å². The Bertz CT molecular complexity index is 760. The second-order valence-corrected chi connectivity index (χ2v) is 7.88. The Labute approximate surface area is 165 Å². The summed E-state index contributed by atoms with van der Waals surface area (Å²) < 4.78 is 5.32. The van der Waals surface area contributed by atoms with Crippen LogP contribution in [-0.4, -0.2) is 35.8 Å². The number of nitrogens with one attached hydrogen (secondary N) is 1. The van der Waals surface area contributed by atoms with Crippen LogP contribution in [0.4, 0.5) is 0 Å². The molecule has 28 heavy (non-hydrogen) atoms. The van der Waals surface area contributed by atoms with Gasteiger partial charge >= 0.3 is 0 Å². The van der Waals surface area contributed by atoms with Gasteiger partial charge < -0.3 is 10.1 Å². The lowest BCUT2D eigenvalue weighted by Crippen LogP contribution is -2.50. The fourth-order valence-electron chi connectivity index (χ4n) is 4.06. The predicted octanol–water partition coefficient (Wildman–Crippen LogP) is 2.68. The average molecular weight is 384 g/mol. The third kappa shape index (κ3) is 3.96. The SMILES string of the molecule is COc1ccccc1CNC(=O)C(CC(C)C)N1C(=O)C2CC=CCC2C1=O. The second-order valence-electron chi connectivity index (χ2n) is 7.88. The number of methoxy groups -OCH3 is 1. The van der Waals surface area contributed by atoms with Gasteiger partial charge in [0.05, 0.1) is 18.9 Å². The Morgan fingerprint density at radius 2 is 1.75 bits per heavy atom. The Kier molecular flexibility index (Phi) is 6.17. The molecule has 3 unspecified atom stereocenters. The zero-order chi connectivity index (χ0) is 20.3. The molecule has 0 aromatic heterocycles. The number of fused-ring (bicyclic) bond motifs is 1. The summed E-state index contributed by atoms with van der Waals surface area (Å²) in [7, 11) is 1.58. The monoisotopic (exact) mass is 384 g/mol. The number of likely N-dealkylation sites (tertiary alicyclic amines) is 1. The van der Waals surface area contributed by atoms with Crippen molar-refractivity contribution in [2.45, 2.75) is 45.7 Å². The Balaban J connectivity index is 1.77. The molecule has 1 aromatic rings. The van der Waals surface area contributed by atoms with Crippen LogP contribution in [0.15, 0.2) is 36.4 Å². The lowest BCUT2D eigenvalue weighted by molar-refractivity contribution is -0.148. The molecule has 3 amide bonds. The second kappa shape index (κ2) is 8.59. The van der Waals surface area contributed by atoms with Crippen LogP contribution in [0.1, 0.15) is 38.7 Å². The summed E-state index contributed by atoms with van der Waals surface area (Å²) in [6.07, 6.45) is 5.50.